The van der Waals surface area contributed by atoms with E-state index in [1.165, 1.54) is 6.07 Å². The van der Waals surface area contributed by atoms with Gasteiger partial charge in [0.05, 0.1) is 4.47 Å². The number of hydrogen-bond donors (Lipinski definition) is 3. The first kappa shape index (κ1) is 14.8. The van der Waals surface area contributed by atoms with E-state index in [9.17, 15) is 9.18 Å². The Morgan fingerprint density at radius 3 is 2.70 bits per heavy atom. The largest absolute Gasteiger partial charge is 0.409 e. The predicted octanol–water partition coefficient (Wildman–Crippen LogP) is 2.75. The van der Waals surface area contributed by atoms with Crippen molar-refractivity contribution in [2.45, 2.75) is 26.2 Å². The number of amides is 1. The molecule has 1 aliphatic carbocycles. The second-order valence-electron chi connectivity index (χ2n) is 4.96. The van der Waals surface area contributed by atoms with E-state index < -0.39 is 11.2 Å². The van der Waals surface area contributed by atoms with Crippen molar-refractivity contribution in [3.8, 4) is 0 Å². The average Bonchev–Trinajstić information content (AvgIpc) is 2.34. The van der Waals surface area contributed by atoms with Crippen LogP contribution in [0, 0.1) is 18.2 Å². The molecule has 1 saturated carbocycles. The molecule has 0 spiro atoms. The van der Waals surface area contributed by atoms with Crippen LogP contribution in [0.5, 0.6) is 0 Å². The summed E-state index contributed by atoms with van der Waals surface area (Å²) in [6.07, 6.45) is 1.87. The summed E-state index contributed by atoms with van der Waals surface area (Å²) >= 11 is 3.09. The number of amidine groups is 1. The van der Waals surface area contributed by atoms with Crippen molar-refractivity contribution < 1.29 is 14.4 Å². The normalized spacial score (nSPS) is 17.4. The Morgan fingerprint density at radius 2 is 2.20 bits per heavy atom. The first-order chi connectivity index (χ1) is 9.40. The molecular weight excluding hydrogens is 329 g/mol. The van der Waals surface area contributed by atoms with Crippen molar-refractivity contribution in [1.82, 2.24) is 0 Å². The van der Waals surface area contributed by atoms with Crippen LogP contribution in [-0.2, 0) is 4.79 Å². The molecule has 1 aromatic rings. The highest BCUT2D eigenvalue weighted by Gasteiger charge is 2.48. The van der Waals surface area contributed by atoms with Gasteiger partial charge in [-0.2, -0.15) is 0 Å². The number of rotatable bonds is 3. The van der Waals surface area contributed by atoms with Crippen LogP contribution in [0.3, 0.4) is 0 Å². The first-order valence-electron chi connectivity index (χ1n) is 6.16. The lowest BCUT2D eigenvalue weighted by atomic mass is 9.67. The number of hydrogen-bond acceptors (Lipinski definition) is 3. The highest BCUT2D eigenvalue weighted by Crippen LogP contribution is 2.42. The third-order valence-corrected chi connectivity index (χ3v) is 4.36. The maximum absolute atomic E-state index is 13.5. The van der Waals surface area contributed by atoms with Crippen LogP contribution in [0.4, 0.5) is 10.1 Å². The average molecular weight is 344 g/mol. The second-order valence-corrected chi connectivity index (χ2v) is 5.81. The van der Waals surface area contributed by atoms with Gasteiger partial charge in [-0.15, -0.1) is 0 Å². The van der Waals surface area contributed by atoms with E-state index >= 15 is 0 Å². The van der Waals surface area contributed by atoms with Gasteiger partial charge in [-0.05, 0) is 53.4 Å². The quantitative estimate of drug-likeness (QED) is 0.341. The Morgan fingerprint density at radius 1 is 1.55 bits per heavy atom. The van der Waals surface area contributed by atoms with E-state index in [0.29, 0.717) is 23.0 Å². The highest BCUT2D eigenvalue weighted by molar-refractivity contribution is 9.10. The van der Waals surface area contributed by atoms with Gasteiger partial charge in [0.25, 0.3) is 0 Å². The minimum Gasteiger partial charge on any atom is -0.409 e. The van der Waals surface area contributed by atoms with Gasteiger partial charge in [0.15, 0.2) is 5.84 Å². The Labute approximate surface area is 124 Å². The Kier molecular flexibility index (Phi) is 3.99. The van der Waals surface area contributed by atoms with Crippen LogP contribution in [0.15, 0.2) is 21.8 Å². The van der Waals surface area contributed by atoms with E-state index in [4.69, 9.17) is 10.9 Å². The molecule has 0 bridgehead atoms. The van der Waals surface area contributed by atoms with Gasteiger partial charge in [0.2, 0.25) is 5.91 Å². The van der Waals surface area contributed by atoms with E-state index in [-0.39, 0.29) is 11.7 Å². The van der Waals surface area contributed by atoms with Gasteiger partial charge in [-0.1, -0.05) is 11.6 Å². The number of nitrogens with two attached hydrogens (primary N) is 1. The molecule has 0 heterocycles. The number of oxime groups is 1. The fourth-order valence-electron chi connectivity index (χ4n) is 2.25. The van der Waals surface area contributed by atoms with Gasteiger partial charge in [0.1, 0.15) is 11.2 Å². The molecule has 1 fully saturated rings. The van der Waals surface area contributed by atoms with Crippen molar-refractivity contribution >= 4 is 33.4 Å². The predicted molar refractivity (Wildman–Crippen MR) is 77.2 cm³/mol. The lowest BCUT2D eigenvalue weighted by Crippen LogP contribution is -2.51. The summed E-state index contributed by atoms with van der Waals surface area (Å²) in [7, 11) is 0. The van der Waals surface area contributed by atoms with Gasteiger partial charge in [-0.25, -0.2) is 4.39 Å². The summed E-state index contributed by atoms with van der Waals surface area (Å²) in [6, 6.07) is 2.83. The minimum absolute atomic E-state index is 0.100. The van der Waals surface area contributed by atoms with E-state index in [1.807, 2.05) is 0 Å². The van der Waals surface area contributed by atoms with Crippen LogP contribution in [0.25, 0.3) is 0 Å². The van der Waals surface area contributed by atoms with Gasteiger partial charge < -0.3 is 16.3 Å². The Hall–Kier alpha value is -1.63. The molecule has 1 aromatic carbocycles. The maximum atomic E-state index is 13.5. The SMILES string of the molecule is Cc1cc(Br)c(F)cc1NC(=O)C1(/C(N)=N/O)CCC1. The molecule has 7 heteroatoms. The summed E-state index contributed by atoms with van der Waals surface area (Å²) in [5.41, 5.74) is 5.74. The summed E-state index contributed by atoms with van der Waals surface area (Å²) < 4.78 is 13.9. The molecule has 5 nitrogen and oxygen atoms in total. The number of halogens is 2. The van der Waals surface area contributed by atoms with Crippen LogP contribution in [0.1, 0.15) is 24.8 Å². The molecule has 1 aliphatic rings. The zero-order valence-electron chi connectivity index (χ0n) is 10.9. The van der Waals surface area contributed by atoms with Crippen molar-refractivity contribution in [1.29, 1.82) is 0 Å². The standard InChI is InChI=1S/C13H15BrFN3O2/c1-7-5-8(14)9(15)6-10(7)17-12(19)13(3-2-4-13)11(16)18-20/h5-6,20H,2-4H2,1H3,(H2,16,18)(H,17,19). The van der Waals surface area contributed by atoms with Crippen molar-refractivity contribution in [3.63, 3.8) is 0 Å². The summed E-state index contributed by atoms with van der Waals surface area (Å²) in [6.45, 7) is 1.76. The van der Waals surface area contributed by atoms with E-state index in [0.717, 1.165) is 12.0 Å². The van der Waals surface area contributed by atoms with Gasteiger partial charge in [-0.3, -0.25) is 4.79 Å². The van der Waals surface area contributed by atoms with Crippen LogP contribution >= 0.6 is 15.9 Å². The fraction of sp³-hybridized carbons (Fsp3) is 0.385. The number of nitrogens with one attached hydrogen (secondary N) is 1. The Bertz CT molecular complexity index is 585. The molecule has 0 aliphatic heterocycles. The summed E-state index contributed by atoms with van der Waals surface area (Å²) in [4.78, 5) is 12.3. The molecule has 0 unspecified atom stereocenters. The Balaban J connectivity index is 2.26. The molecule has 0 saturated heterocycles. The molecule has 20 heavy (non-hydrogen) atoms. The highest BCUT2D eigenvalue weighted by atomic mass is 79.9. The zero-order valence-corrected chi connectivity index (χ0v) is 12.5. The number of carbonyl (C=O) groups is 1. The number of carbonyl (C=O) groups excluding carboxylic acids is 1. The molecule has 2 rings (SSSR count). The van der Waals surface area contributed by atoms with Crippen LogP contribution in [0.2, 0.25) is 0 Å². The molecule has 0 radical (unpaired) electrons. The molecular formula is C13H15BrFN3O2. The maximum Gasteiger partial charge on any atom is 0.238 e. The van der Waals surface area contributed by atoms with Gasteiger partial charge in [0, 0.05) is 5.69 Å². The smallest absolute Gasteiger partial charge is 0.238 e. The topological polar surface area (TPSA) is 87.7 Å². The monoisotopic (exact) mass is 343 g/mol. The lowest BCUT2D eigenvalue weighted by Gasteiger charge is -2.38. The van der Waals surface area contributed by atoms with Crippen molar-refractivity contribution in [2.24, 2.45) is 16.3 Å². The third kappa shape index (κ3) is 2.37. The summed E-state index contributed by atoms with van der Waals surface area (Å²) in [5, 5.41) is 14.4. The zero-order chi connectivity index (χ0) is 14.9. The van der Waals surface area contributed by atoms with Crippen molar-refractivity contribution in [3.05, 3.63) is 28.0 Å². The second kappa shape index (κ2) is 5.40. The first-order valence-corrected chi connectivity index (χ1v) is 6.95. The number of anilines is 1. The van der Waals surface area contributed by atoms with Crippen LogP contribution in [-0.4, -0.2) is 17.0 Å². The van der Waals surface area contributed by atoms with E-state index in [2.05, 4.69) is 26.4 Å². The van der Waals surface area contributed by atoms with Gasteiger partial charge >= 0.3 is 0 Å². The molecule has 4 N–H and O–H groups in total. The number of benzene rings is 1. The number of nitrogens with zero attached hydrogens (tertiary/aromatic N) is 1. The molecule has 1 amide bonds. The van der Waals surface area contributed by atoms with Crippen molar-refractivity contribution in [2.75, 3.05) is 5.32 Å². The van der Waals surface area contributed by atoms with Crippen LogP contribution < -0.4 is 11.1 Å². The minimum atomic E-state index is -0.981. The molecule has 0 aromatic heterocycles. The lowest BCUT2D eigenvalue weighted by molar-refractivity contribution is -0.125. The number of aryl methyl sites for hydroxylation is 1. The molecule has 108 valence electrons. The fourth-order valence-corrected chi connectivity index (χ4v) is 2.71. The molecule has 0 atom stereocenters. The third-order valence-electron chi connectivity index (χ3n) is 3.76. The van der Waals surface area contributed by atoms with E-state index in [1.54, 1.807) is 13.0 Å². The summed E-state index contributed by atoms with van der Waals surface area (Å²) in [5.74, 6) is -0.933.